The minimum absolute atomic E-state index is 0.288. The molecule has 5 nitrogen and oxygen atoms in total. The molecule has 0 heterocycles. The van der Waals surface area contributed by atoms with Crippen LogP contribution < -0.4 is 10.5 Å². The van der Waals surface area contributed by atoms with Crippen molar-refractivity contribution in [3.05, 3.63) is 28.8 Å². The lowest BCUT2D eigenvalue weighted by Crippen LogP contribution is -2.43. The second kappa shape index (κ2) is 6.54. The Morgan fingerprint density at radius 1 is 1.47 bits per heavy atom. The van der Waals surface area contributed by atoms with Crippen LogP contribution in [0.2, 0.25) is 0 Å². The van der Waals surface area contributed by atoms with Crippen molar-refractivity contribution >= 4 is 5.91 Å². The van der Waals surface area contributed by atoms with Gasteiger partial charge in [-0.05, 0) is 19.4 Å². The number of amides is 1. The molecule has 0 aliphatic carbocycles. The summed E-state index contributed by atoms with van der Waals surface area (Å²) in [7, 11) is 3.28. The maximum absolute atomic E-state index is 11.8. The number of carbonyl (C=O) groups is 1. The van der Waals surface area contributed by atoms with Gasteiger partial charge in [-0.25, -0.2) is 0 Å². The highest BCUT2D eigenvalue weighted by molar-refractivity contribution is 5.81. The van der Waals surface area contributed by atoms with Gasteiger partial charge in [-0.3, -0.25) is 4.79 Å². The van der Waals surface area contributed by atoms with Crippen LogP contribution in [0.5, 0.6) is 5.75 Å². The van der Waals surface area contributed by atoms with Gasteiger partial charge in [0.15, 0.2) is 0 Å². The number of benzene rings is 1. The summed E-state index contributed by atoms with van der Waals surface area (Å²) in [4.78, 5) is 13.3. The molecule has 1 unspecified atom stereocenters. The first kappa shape index (κ1) is 15.5. The van der Waals surface area contributed by atoms with Crippen LogP contribution in [-0.2, 0) is 11.3 Å². The van der Waals surface area contributed by atoms with E-state index >= 15 is 0 Å². The number of ether oxygens (including phenoxy) is 1. The topological polar surface area (TPSA) is 75.8 Å². The normalized spacial score (nSPS) is 12.1. The smallest absolute Gasteiger partial charge is 0.241 e. The van der Waals surface area contributed by atoms with Gasteiger partial charge in [0.25, 0.3) is 0 Å². The van der Waals surface area contributed by atoms with Crippen LogP contribution in [0.25, 0.3) is 0 Å². The zero-order valence-corrected chi connectivity index (χ0v) is 11.9. The quantitative estimate of drug-likeness (QED) is 0.818. The Kier molecular flexibility index (Phi) is 5.32. The fourth-order valence-electron chi connectivity index (χ4n) is 2.15. The number of hydrogen-bond acceptors (Lipinski definition) is 4. The fraction of sp³-hybridized carbons (Fsp3) is 0.500. The highest BCUT2D eigenvalue weighted by Crippen LogP contribution is 2.26. The molecule has 5 heteroatoms. The number of carbonyl (C=O) groups excluding carboxylic acids is 1. The van der Waals surface area contributed by atoms with Crippen LogP contribution in [0.4, 0.5) is 0 Å². The van der Waals surface area contributed by atoms with Crippen molar-refractivity contribution in [3.8, 4) is 5.75 Å². The SMILES string of the molecule is COc1c(C)cc(C)cc1CN(C)C(=O)C(N)CO. The summed E-state index contributed by atoms with van der Waals surface area (Å²) in [5.74, 6) is 0.492. The van der Waals surface area contributed by atoms with E-state index in [2.05, 4.69) is 0 Å². The molecule has 1 aromatic carbocycles. The molecule has 0 bridgehead atoms. The van der Waals surface area contributed by atoms with E-state index in [0.717, 1.165) is 22.4 Å². The average Bonchev–Trinajstić information content (AvgIpc) is 2.36. The monoisotopic (exact) mass is 266 g/mol. The van der Waals surface area contributed by atoms with Crippen LogP contribution >= 0.6 is 0 Å². The Morgan fingerprint density at radius 2 is 2.11 bits per heavy atom. The minimum atomic E-state index is -0.873. The van der Waals surface area contributed by atoms with Gasteiger partial charge in [0.05, 0.1) is 13.7 Å². The van der Waals surface area contributed by atoms with Crippen molar-refractivity contribution in [2.75, 3.05) is 20.8 Å². The minimum Gasteiger partial charge on any atom is -0.496 e. The lowest BCUT2D eigenvalue weighted by molar-refractivity contribution is -0.132. The number of methoxy groups -OCH3 is 1. The van der Waals surface area contributed by atoms with E-state index in [9.17, 15) is 4.79 Å². The Balaban J connectivity index is 2.96. The molecule has 19 heavy (non-hydrogen) atoms. The number of hydrogen-bond donors (Lipinski definition) is 2. The number of aliphatic hydroxyl groups excluding tert-OH is 1. The summed E-state index contributed by atoms with van der Waals surface area (Å²) < 4.78 is 5.38. The summed E-state index contributed by atoms with van der Waals surface area (Å²) in [6, 6.07) is 3.14. The molecule has 1 atom stereocenters. The van der Waals surface area contributed by atoms with Gasteiger partial charge in [0.2, 0.25) is 5.91 Å². The number of nitrogens with zero attached hydrogens (tertiary/aromatic N) is 1. The maximum atomic E-state index is 11.8. The molecule has 0 fully saturated rings. The van der Waals surface area contributed by atoms with Gasteiger partial charge < -0.3 is 20.5 Å². The Labute approximate surface area is 114 Å². The molecule has 0 aromatic heterocycles. The van der Waals surface area contributed by atoms with Crippen molar-refractivity contribution in [1.29, 1.82) is 0 Å². The first-order valence-electron chi connectivity index (χ1n) is 6.16. The molecule has 0 aliphatic rings. The standard InChI is InChI=1S/C14H22N2O3/c1-9-5-10(2)13(19-4)11(6-9)7-16(3)14(18)12(15)8-17/h5-6,12,17H,7-8,15H2,1-4H3. The molecule has 0 aliphatic heterocycles. The number of aryl methyl sites for hydroxylation is 2. The molecule has 3 N–H and O–H groups in total. The number of rotatable bonds is 5. The van der Waals surface area contributed by atoms with Crippen LogP contribution in [-0.4, -0.2) is 42.7 Å². The summed E-state index contributed by atoms with van der Waals surface area (Å²) in [5, 5.41) is 8.91. The highest BCUT2D eigenvalue weighted by atomic mass is 16.5. The second-order valence-electron chi connectivity index (χ2n) is 4.76. The Morgan fingerprint density at radius 3 is 2.63 bits per heavy atom. The lowest BCUT2D eigenvalue weighted by Gasteiger charge is -2.22. The second-order valence-corrected chi connectivity index (χ2v) is 4.76. The van der Waals surface area contributed by atoms with Crippen LogP contribution in [0, 0.1) is 13.8 Å². The molecule has 0 radical (unpaired) electrons. The van der Waals surface area contributed by atoms with Gasteiger partial charge in [0, 0.05) is 19.2 Å². The first-order chi connectivity index (χ1) is 8.90. The van der Waals surface area contributed by atoms with Gasteiger partial charge in [-0.1, -0.05) is 17.7 Å². The van der Waals surface area contributed by atoms with E-state index in [-0.39, 0.29) is 12.5 Å². The van der Waals surface area contributed by atoms with Crippen molar-refractivity contribution in [2.24, 2.45) is 5.73 Å². The van der Waals surface area contributed by atoms with Crippen LogP contribution in [0.3, 0.4) is 0 Å². The fourth-order valence-corrected chi connectivity index (χ4v) is 2.15. The zero-order chi connectivity index (χ0) is 14.6. The molecule has 1 amide bonds. The van der Waals surface area contributed by atoms with E-state index < -0.39 is 6.04 Å². The summed E-state index contributed by atoms with van der Waals surface area (Å²) in [6.45, 7) is 4.01. The van der Waals surface area contributed by atoms with E-state index in [4.69, 9.17) is 15.6 Å². The van der Waals surface area contributed by atoms with E-state index in [1.807, 2.05) is 26.0 Å². The van der Waals surface area contributed by atoms with Crippen molar-refractivity contribution < 1.29 is 14.6 Å². The molecular formula is C14H22N2O3. The van der Waals surface area contributed by atoms with E-state index in [1.54, 1.807) is 14.2 Å². The first-order valence-corrected chi connectivity index (χ1v) is 6.16. The molecule has 0 spiro atoms. The molecule has 1 aromatic rings. The number of likely N-dealkylation sites (N-methyl/N-ethyl adjacent to an activating group) is 1. The third-order valence-corrected chi connectivity index (χ3v) is 3.00. The van der Waals surface area contributed by atoms with E-state index in [1.165, 1.54) is 4.90 Å². The van der Waals surface area contributed by atoms with Gasteiger partial charge in [0.1, 0.15) is 11.8 Å². The lowest BCUT2D eigenvalue weighted by atomic mass is 10.0. The predicted molar refractivity (Wildman–Crippen MR) is 74.0 cm³/mol. The largest absolute Gasteiger partial charge is 0.496 e. The summed E-state index contributed by atoms with van der Waals surface area (Å²) >= 11 is 0. The number of aliphatic hydroxyl groups is 1. The highest BCUT2D eigenvalue weighted by Gasteiger charge is 2.19. The van der Waals surface area contributed by atoms with Gasteiger partial charge in [-0.2, -0.15) is 0 Å². The third-order valence-electron chi connectivity index (χ3n) is 3.00. The molecule has 0 saturated heterocycles. The van der Waals surface area contributed by atoms with Crippen molar-refractivity contribution in [1.82, 2.24) is 4.90 Å². The molecule has 106 valence electrons. The molecular weight excluding hydrogens is 244 g/mol. The Bertz CT molecular complexity index is 460. The average molecular weight is 266 g/mol. The van der Waals surface area contributed by atoms with Gasteiger partial charge >= 0.3 is 0 Å². The van der Waals surface area contributed by atoms with E-state index in [0.29, 0.717) is 6.54 Å². The van der Waals surface area contributed by atoms with Crippen molar-refractivity contribution in [2.45, 2.75) is 26.4 Å². The summed E-state index contributed by atoms with van der Waals surface area (Å²) in [5.41, 5.74) is 8.60. The maximum Gasteiger partial charge on any atom is 0.241 e. The van der Waals surface area contributed by atoms with Gasteiger partial charge in [-0.15, -0.1) is 0 Å². The van der Waals surface area contributed by atoms with Crippen molar-refractivity contribution in [3.63, 3.8) is 0 Å². The molecule has 1 rings (SSSR count). The van der Waals surface area contributed by atoms with Crippen LogP contribution in [0.1, 0.15) is 16.7 Å². The molecule has 0 saturated carbocycles. The third kappa shape index (κ3) is 3.68. The number of nitrogens with two attached hydrogens (primary N) is 1. The Hall–Kier alpha value is -1.59. The van der Waals surface area contributed by atoms with Crippen LogP contribution in [0.15, 0.2) is 12.1 Å². The zero-order valence-electron chi connectivity index (χ0n) is 11.9. The summed E-state index contributed by atoms with van der Waals surface area (Å²) in [6.07, 6.45) is 0. The predicted octanol–water partition coefficient (Wildman–Crippen LogP) is 0.590.